The second-order valence-electron chi connectivity index (χ2n) is 8.78. The molecule has 0 spiro atoms. The van der Waals surface area contributed by atoms with Crippen LogP contribution >= 0.6 is 0 Å². The average Bonchev–Trinajstić information content (AvgIpc) is 2.63. The summed E-state index contributed by atoms with van der Waals surface area (Å²) < 4.78 is 0.982. The van der Waals surface area contributed by atoms with Gasteiger partial charge in [-0.1, -0.05) is 84.0 Å². The molecule has 27 heavy (non-hydrogen) atoms. The molecule has 0 atom stereocenters. The van der Waals surface area contributed by atoms with Crippen LogP contribution in [0.4, 0.5) is 0 Å². The van der Waals surface area contributed by atoms with Crippen molar-refractivity contribution >= 4 is 5.91 Å². The van der Waals surface area contributed by atoms with Crippen molar-refractivity contribution < 1.29 is 33.3 Å². The van der Waals surface area contributed by atoms with E-state index in [2.05, 4.69) is 27.9 Å². The second kappa shape index (κ2) is 19.5. The number of nitrogens with zero attached hydrogens (tertiary/aromatic N) is 2. The van der Waals surface area contributed by atoms with Crippen LogP contribution in [0.5, 0.6) is 0 Å². The van der Waals surface area contributed by atoms with Crippen molar-refractivity contribution in [2.75, 3.05) is 40.8 Å². The van der Waals surface area contributed by atoms with Gasteiger partial charge in [0.25, 0.3) is 0 Å². The molecule has 4 heteroatoms. The Labute approximate surface area is 188 Å². The molecule has 0 bridgehead atoms. The lowest BCUT2D eigenvalue weighted by molar-refractivity contribution is -0.887. The standard InChI is InChI=1S/C23H49N2O.HI/c1-6-8-9-10-11-12-13-14-15-16-17-18-19-20-23(26)24(3)21-22-25(4,5)7-2;/h6-22H2,1-5H3;1H/q+1;/p-1. The van der Waals surface area contributed by atoms with Crippen LogP contribution in [0.15, 0.2) is 0 Å². The van der Waals surface area contributed by atoms with Crippen LogP contribution in [0.1, 0.15) is 104 Å². The molecule has 0 rings (SSSR count). The zero-order chi connectivity index (χ0) is 19.7. The molecule has 0 fully saturated rings. The van der Waals surface area contributed by atoms with Crippen LogP contribution in [0.3, 0.4) is 0 Å². The SMILES string of the molecule is CCCCCCCCCCCCCCCC(=O)N(C)CC[N+](C)(C)CC.[I-]. The molecule has 0 aliphatic carbocycles. The zero-order valence-corrected chi connectivity index (χ0v) is 21.4. The Balaban J connectivity index is 0. The van der Waals surface area contributed by atoms with Crippen LogP contribution < -0.4 is 24.0 Å². The Morgan fingerprint density at radius 3 is 1.56 bits per heavy atom. The van der Waals surface area contributed by atoms with Crippen LogP contribution in [-0.4, -0.2) is 56.1 Å². The van der Waals surface area contributed by atoms with Gasteiger partial charge in [0.2, 0.25) is 5.91 Å². The summed E-state index contributed by atoms with van der Waals surface area (Å²) in [6, 6.07) is 0. The number of likely N-dealkylation sites (N-methyl/N-ethyl adjacent to an activating group) is 2. The Hall–Kier alpha value is 0.160. The summed E-state index contributed by atoms with van der Waals surface area (Å²) >= 11 is 0. The number of carbonyl (C=O) groups is 1. The fourth-order valence-corrected chi connectivity index (χ4v) is 3.19. The van der Waals surface area contributed by atoms with Crippen molar-refractivity contribution in [1.29, 1.82) is 0 Å². The number of unbranched alkanes of at least 4 members (excludes halogenated alkanes) is 12. The summed E-state index contributed by atoms with van der Waals surface area (Å²) in [7, 11) is 6.41. The Morgan fingerprint density at radius 1 is 0.741 bits per heavy atom. The summed E-state index contributed by atoms with van der Waals surface area (Å²) in [6.07, 6.45) is 18.3. The number of hydrogen-bond donors (Lipinski definition) is 0. The van der Waals surface area contributed by atoms with Gasteiger partial charge in [0.1, 0.15) is 0 Å². The van der Waals surface area contributed by atoms with Gasteiger partial charge in [-0.05, 0) is 13.3 Å². The van der Waals surface area contributed by atoms with Gasteiger partial charge < -0.3 is 33.4 Å². The molecule has 0 radical (unpaired) electrons. The van der Waals surface area contributed by atoms with E-state index in [9.17, 15) is 4.79 Å². The normalized spacial score (nSPS) is 11.3. The second-order valence-corrected chi connectivity index (χ2v) is 8.78. The molecule has 0 aromatic carbocycles. The highest BCUT2D eigenvalue weighted by Crippen LogP contribution is 2.13. The van der Waals surface area contributed by atoms with Crippen molar-refractivity contribution in [2.24, 2.45) is 0 Å². The van der Waals surface area contributed by atoms with E-state index in [1.165, 1.54) is 77.0 Å². The van der Waals surface area contributed by atoms with E-state index in [-0.39, 0.29) is 24.0 Å². The molecule has 3 nitrogen and oxygen atoms in total. The Morgan fingerprint density at radius 2 is 1.15 bits per heavy atom. The molecule has 1 amide bonds. The lowest BCUT2D eigenvalue weighted by Gasteiger charge is -2.30. The fourth-order valence-electron chi connectivity index (χ4n) is 3.19. The Bertz CT molecular complexity index is 334. The summed E-state index contributed by atoms with van der Waals surface area (Å²) in [6.45, 7) is 7.51. The van der Waals surface area contributed by atoms with Crippen LogP contribution in [0.25, 0.3) is 0 Å². The van der Waals surface area contributed by atoms with Crippen molar-refractivity contribution in [3.8, 4) is 0 Å². The number of hydrogen-bond acceptors (Lipinski definition) is 1. The first kappa shape index (κ1) is 29.4. The highest BCUT2D eigenvalue weighted by atomic mass is 127. The quantitative estimate of drug-likeness (QED) is 0.162. The number of rotatable bonds is 18. The molecule has 0 aliphatic rings. The fraction of sp³-hybridized carbons (Fsp3) is 0.957. The monoisotopic (exact) mass is 496 g/mol. The van der Waals surface area contributed by atoms with Gasteiger partial charge in [-0.3, -0.25) is 4.79 Å². The maximum absolute atomic E-state index is 12.2. The number of amides is 1. The minimum atomic E-state index is 0. The van der Waals surface area contributed by atoms with E-state index >= 15 is 0 Å². The van der Waals surface area contributed by atoms with Gasteiger partial charge >= 0.3 is 0 Å². The van der Waals surface area contributed by atoms with Crippen LogP contribution in [0.2, 0.25) is 0 Å². The van der Waals surface area contributed by atoms with Gasteiger partial charge in [-0.25, -0.2) is 0 Å². The number of carbonyl (C=O) groups excluding carboxylic acids is 1. The molecule has 0 heterocycles. The van der Waals surface area contributed by atoms with Gasteiger partial charge in [0.15, 0.2) is 0 Å². The van der Waals surface area contributed by atoms with E-state index in [0.29, 0.717) is 5.91 Å². The maximum atomic E-state index is 12.2. The first-order valence-electron chi connectivity index (χ1n) is 11.5. The van der Waals surface area contributed by atoms with Crippen molar-refractivity contribution in [1.82, 2.24) is 4.90 Å². The number of quaternary nitrogens is 1. The van der Waals surface area contributed by atoms with Gasteiger partial charge in [-0.2, -0.15) is 0 Å². The predicted octanol–water partition coefficient (Wildman–Crippen LogP) is 3.03. The Kier molecular flexibility index (Phi) is 21.2. The smallest absolute Gasteiger partial charge is 0.222 e. The lowest BCUT2D eigenvalue weighted by Crippen LogP contribution is -3.00. The summed E-state index contributed by atoms with van der Waals surface area (Å²) in [5.41, 5.74) is 0. The van der Waals surface area contributed by atoms with Gasteiger partial charge in [0.05, 0.1) is 33.7 Å². The van der Waals surface area contributed by atoms with Crippen LogP contribution in [0, 0.1) is 0 Å². The zero-order valence-electron chi connectivity index (χ0n) is 19.2. The molecule has 0 aromatic heterocycles. The van der Waals surface area contributed by atoms with Gasteiger partial charge in [0, 0.05) is 13.5 Å². The molecule has 0 saturated heterocycles. The molecular weight excluding hydrogens is 447 g/mol. The molecule has 0 N–H and O–H groups in total. The van der Waals surface area contributed by atoms with E-state index in [1.807, 2.05) is 11.9 Å². The average molecular weight is 497 g/mol. The number of halogens is 1. The highest BCUT2D eigenvalue weighted by Gasteiger charge is 2.15. The van der Waals surface area contributed by atoms with E-state index < -0.39 is 0 Å². The van der Waals surface area contributed by atoms with E-state index in [1.54, 1.807) is 0 Å². The van der Waals surface area contributed by atoms with Crippen molar-refractivity contribution in [3.05, 3.63) is 0 Å². The molecule has 0 saturated carbocycles. The summed E-state index contributed by atoms with van der Waals surface area (Å²) in [4.78, 5) is 14.1. The molecule has 164 valence electrons. The topological polar surface area (TPSA) is 20.3 Å². The first-order chi connectivity index (χ1) is 12.4. The van der Waals surface area contributed by atoms with Crippen molar-refractivity contribution in [3.63, 3.8) is 0 Å². The van der Waals surface area contributed by atoms with E-state index in [4.69, 9.17) is 0 Å². The first-order valence-corrected chi connectivity index (χ1v) is 11.5. The van der Waals surface area contributed by atoms with E-state index in [0.717, 1.165) is 37.0 Å². The minimum Gasteiger partial charge on any atom is -1.00 e. The highest BCUT2D eigenvalue weighted by molar-refractivity contribution is 5.75. The summed E-state index contributed by atoms with van der Waals surface area (Å²) in [5.74, 6) is 0.323. The van der Waals surface area contributed by atoms with Crippen molar-refractivity contribution in [2.45, 2.75) is 104 Å². The van der Waals surface area contributed by atoms with Crippen LogP contribution in [-0.2, 0) is 4.79 Å². The molecule has 0 unspecified atom stereocenters. The molecular formula is C23H49IN2O. The van der Waals surface area contributed by atoms with Gasteiger partial charge in [-0.15, -0.1) is 0 Å². The third-order valence-electron chi connectivity index (χ3n) is 5.82. The molecule has 0 aliphatic heterocycles. The third kappa shape index (κ3) is 19.3. The predicted molar refractivity (Wildman–Crippen MR) is 115 cm³/mol. The maximum Gasteiger partial charge on any atom is 0.222 e. The lowest BCUT2D eigenvalue weighted by atomic mass is 10.0. The minimum absolute atomic E-state index is 0. The third-order valence-corrected chi connectivity index (χ3v) is 5.82. The molecule has 0 aromatic rings. The largest absolute Gasteiger partial charge is 1.00 e. The summed E-state index contributed by atoms with van der Waals surface area (Å²) in [5, 5.41) is 0.